The number of para-hydroxylation sites is 2. The standard InChI is InChI=1S/C18H19N3O3/c1-23-15-8-7-12(9-16(15)24-2)10-18(22)19-11-17-20-13-5-3-4-6-14(13)21-17/h3-9H,10-11H2,1-2H3,(H,19,22)(H,20,21). The van der Waals surface area contributed by atoms with Gasteiger partial charge in [-0.15, -0.1) is 0 Å². The third kappa shape index (κ3) is 3.48. The zero-order valence-electron chi connectivity index (χ0n) is 13.6. The highest BCUT2D eigenvalue weighted by atomic mass is 16.5. The summed E-state index contributed by atoms with van der Waals surface area (Å²) in [5, 5.41) is 2.87. The van der Waals surface area contributed by atoms with E-state index in [2.05, 4.69) is 15.3 Å². The molecule has 6 heteroatoms. The van der Waals surface area contributed by atoms with Gasteiger partial charge in [0.15, 0.2) is 11.5 Å². The SMILES string of the molecule is COc1ccc(CC(=O)NCc2nc3ccccc3[nH]2)cc1OC. The number of fused-ring (bicyclic) bond motifs is 1. The molecule has 124 valence electrons. The molecule has 0 fully saturated rings. The van der Waals surface area contributed by atoms with E-state index in [1.54, 1.807) is 26.4 Å². The van der Waals surface area contributed by atoms with Gasteiger partial charge in [-0.25, -0.2) is 4.98 Å². The molecule has 1 heterocycles. The van der Waals surface area contributed by atoms with Crippen molar-refractivity contribution < 1.29 is 14.3 Å². The second kappa shape index (κ2) is 7.04. The highest BCUT2D eigenvalue weighted by molar-refractivity contribution is 5.79. The van der Waals surface area contributed by atoms with Crippen LogP contribution in [0.4, 0.5) is 0 Å². The van der Waals surface area contributed by atoms with Gasteiger partial charge in [0.2, 0.25) is 5.91 Å². The molecule has 0 saturated carbocycles. The number of imidazole rings is 1. The molecule has 24 heavy (non-hydrogen) atoms. The van der Waals surface area contributed by atoms with Crippen molar-refractivity contribution in [2.75, 3.05) is 14.2 Å². The second-order valence-electron chi connectivity index (χ2n) is 5.34. The molecule has 0 bridgehead atoms. The predicted octanol–water partition coefficient (Wildman–Crippen LogP) is 2.44. The summed E-state index contributed by atoms with van der Waals surface area (Å²) in [5.41, 5.74) is 2.71. The van der Waals surface area contributed by atoms with E-state index in [-0.39, 0.29) is 12.3 Å². The number of aromatic nitrogens is 2. The molecule has 3 rings (SSSR count). The first-order valence-electron chi connectivity index (χ1n) is 7.61. The molecule has 0 spiro atoms. The Kier molecular flexibility index (Phi) is 4.65. The fourth-order valence-corrected chi connectivity index (χ4v) is 2.51. The smallest absolute Gasteiger partial charge is 0.224 e. The maximum Gasteiger partial charge on any atom is 0.224 e. The number of hydrogen-bond donors (Lipinski definition) is 2. The summed E-state index contributed by atoms with van der Waals surface area (Å²) in [5.74, 6) is 1.91. The van der Waals surface area contributed by atoms with Crippen molar-refractivity contribution in [3.8, 4) is 11.5 Å². The number of amides is 1. The molecule has 0 aliphatic rings. The molecule has 1 aromatic heterocycles. The molecule has 1 amide bonds. The molecule has 6 nitrogen and oxygen atoms in total. The van der Waals surface area contributed by atoms with Crippen molar-refractivity contribution in [2.24, 2.45) is 0 Å². The number of aromatic amines is 1. The molecule has 0 unspecified atom stereocenters. The molecule has 0 saturated heterocycles. The Bertz CT molecular complexity index is 825. The van der Waals surface area contributed by atoms with Crippen molar-refractivity contribution in [1.29, 1.82) is 0 Å². The first-order valence-corrected chi connectivity index (χ1v) is 7.61. The largest absolute Gasteiger partial charge is 0.493 e. The Morgan fingerprint density at radius 3 is 2.67 bits per heavy atom. The van der Waals surface area contributed by atoms with Crippen molar-refractivity contribution in [1.82, 2.24) is 15.3 Å². The third-order valence-corrected chi connectivity index (χ3v) is 3.70. The minimum atomic E-state index is -0.0809. The van der Waals surface area contributed by atoms with Gasteiger partial charge in [-0.3, -0.25) is 4.79 Å². The molecular weight excluding hydrogens is 306 g/mol. The maximum atomic E-state index is 12.1. The van der Waals surface area contributed by atoms with Crippen LogP contribution < -0.4 is 14.8 Å². The second-order valence-corrected chi connectivity index (χ2v) is 5.34. The number of hydrogen-bond acceptors (Lipinski definition) is 4. The number of methoxy groups -OCH3 is 2. The first-order chi connectivity index (χ1) is 11.7. The molecule has 2 aromatic carbocycles. The Morgan fingerprint density at radius 2 is 1.92 bits per heavy atom. The van der Waals surface area contributed by atoms with Crippen molar-refractivity contribution >= 4 is 16.9 Å². The summed E-state index contributed by atoms with van der Waals surface area (Å²) >= 11 is 0. The van der Waals surface area contributed by atoms with Gasteiger partial charge in [0.05, 0.1) is 38.2 Å². The van der Waals surface area contributed by atoms with E-state index in [1.165, 1.54) is 0 Å². The van der Waals surface area contributed by atoms with Crippen molar-refractivity contribution in [2.45, 2.75) is 13.0 Å². The Balaban J connectivity index is 1.61. The number of ether oxygens (including phenoxy) is 2. The monoisotopic (exact) mass is 325 g/mol. The summed E-state index contributed by atoms with van der Waals surface area (Å²) in [6, 6.07) is 13.2. The number of nitrogens with zero attached hydrogens (tertiary/aromatic N) is 1. The number of carbonyl (C=O) groups excluding carboxylic acids is 1. The van der Waals surface area contributed by atoms with Gasteiger partial charge in [-0.2, -0.15) is 0 Å². The van der Waals surface area contributed by atoms with Gasteiger partial charge in [0.25, 0.3) is 0 Å². The number of carbonyl (C=O) groups is 1. The Morgan fingerprint density at radius 1 is 1.12 bits per heavy atom. The van der Waals surface area contributed by atoms with Crippen LogP contribution in [0, 0.1) is 0 Å². The summed E-state index contributed by atoms with van der Waals surface area (Å²) in [4.78, 5) is 19.8. The van der Waals surface area contributed by atoms with Crippen LogP contribution in [-0.4, -0.2) is 30.1 Å². The summed E-state index contributed by atoms with van der Waals surface area (Å²) in [6.45, 7) is 0.362. The van der Waals surface area contributed by atoms with E-state index in [0.717, 1.165) is 22.4 Å². The lowest BCUT2D eigenvalue weighted by molar-refractivity contribution is -0.120. The molecule has 2 N–H and O–H groups in total. The Labute approximate surface area is 139 Å². The molecule has 0 aliphatic carbocycles. The van der Waals surface area contributed by atoms with Crippen LogP contribution in [0.1, 0.15) is 11.4 Å². The van der Waals surface area contributed by atoms with Gasteiger partial charge in [0.1, 0.15) is 5.82 Å². The van der Waals surface area contributed by atoms with E-state index in [4.69, 9.17) is 9.47 Å². The fourth-order valence-electron chi connectivity index (χ4n) is 2.51. The lowest BCUT2D eigenvalue weighted by Crippen LogP contribution is -2.25. The van der Waals surface area contributed by atoms with E-state index in [9.17, 15) is 4.79 Å². The maximum absolute atomic E-state index is 12.1. The molecular formula is C18H19N3O3. The van der Waals surface area contributed by atoms with E-state index >= 15 is 0 Å². The molecule has 0 atom stereocenters. The van der Waals surface area contributed by atoms with E-state index in [1.807, 2.05) is 30.3 Å². The predicted molar refractivity (Wildman–Crippen MR) is 91.2 cm³/mol. The van der Waals surface area contributed by atoms with Crippen LogP contribution >= 0.6 is 0 Å². The van der Waals surface area contributed by atoms with Crippen LogP contribution in [0.25, 0.3) is 11.0 Å². The summed E-state index contributed by atoms with van der Waals surface area (Å²) < 4.78 is 10.4. The number of benzene rings is 2. The minimum absolute atomic E-state index is 0.0809. The van der Waals surface area contributed by atoms with Gasteiger partial charge in [-0.05, 0) is 29.8 Å². The average Bonchev–Trinajstić information content (AvgIpc) is 3.03. The highest BCUT2D eigenvalue weighted by Gasteiger charge is 2.09. The zero-order valence-corrected chi connectivity index (χ0v) is 13.6. The van der Waals surface area contributed by atoms with Gasteiger partial charge in [0, 0.05) is 0 Å². The lowest BCUT2D eigenvalue weighted by atomic mass is 10.1. The summed E-state index contributed by atoms with van der Waals surface area (Å²) in [6.07, 6.45) is 0.264. The topological polar surface area (TPSA) is 76.2 Å². The lowest BCUT2D eigenvalue weighted by Gasteiger charge is -2.09. The number of rotatable bonds is 6. The highest BCUT2D eigenvalue weighted by Crippen LogP contribution is 2.27. The first kappa shape index (κ1) is 15.9. The minimum Gasteiger partial charge on any atom is -0.493 e. The molecule has 3 aromatic rings. The van der Waals surface area contributed by atoms with Crippen molar-refractivity contribution in [3.05, 3.63) is 53.9 Å². The van der Waals surface area contributed by atoms with Crippen LogP contribution in [0.2, 0.25) is 0 Å². The average molecular weight is 325 g/mol. The normalized spacial score (nSPS) is 10.6. The van der Waals surface area contributed by atoms with Gasteiger partial charge < -0.3 is 19.8 Å². The fraction of sp³-hybridized carbons (Fsp3) is 0.222. The van der Waals surface area contributed by atoms with Crippen LogP contribution in [0.3, 0.4) is 0 Å². The van der Waals surface area contributed by atoms with Crippen LogP contribution in [0.5, 0.6) is 11.5 Å². The third-order valence-electron chi connectivity index (χ3n) is 3.70. The van der Waals surface area contributed by atoms with E-state index < -0.39 is 0 Å². The molecule has 0 aliphatic heterocycles. The van der Waals surface area contributed by atoms with Crippen LogP contribution in [-0.2, 0) is 17.8 Å². The zero-order chi connectivity index (χ0) is 16.9. The van der Waals surface area contributed by atoms with Crippen LogP contribution in [0.15, 0.2) is 42.5 Å². The van der Waals surface area contributed by atoms with Gasteiger partial charge in [-0.1, -0.05) is 18.2 Å². The van der Waals surface area contributed by atoms with Crippen molar-refractivity contribution in [3.63, 3.8) is 0 Å². The summed E-state index contributed by atoms with van der Waals surface area (Å²) in [7, 11) is 3.15. The Hall–Kier alpha value is -3.02. The van der Waals surface area contributed by atoms with E-state index in [0.29, 0.717) is 18.0 Å². The number of H-pyrrole nitrogens is 1. The molecule has 0 radical (unpaired) electrons. The quantitative estimate of drug-likeness (QED) is 0.730. The van der Waals surface area contributed by atoms with Gasteiger partial charge >= 0.3 is 0 Å². The number of nitrogens with one attached hydrogen (secondary N) is 2.